The average molecular weight is 335 g/mol. The fraction of sp³-hybridized carbons (Fsp3) is 0.611. The van der Waals surface area contributed by atoms with Gasteiger partial charge in [0, 0.05) is 18.1 Å². The summed E-state index contributed by atoms with van der Waals surface area (Å²) in [6.07, 6.45) is 2.98. The molecule has 0 aliphatic carbocycles. The van der Waals surface area contributed by atoms with E-state index in [0.29, 0.717) is 11.6 Å². The Labute approximate surface area is 142 Å². The molecule has 4 nitrogen and oxygen atoms in total. The van der Waals surface area contributed by atoms with Gasteiger partial charge in [-0.1, -0.05) is 11.6 Å². The van der Waals surface area contributed by atoms with E-state index in [0.717, 1.165) is 68.6 Å². The van der Waals surface area contributed by atoms with Crippen molar-refractivity contribution in [3.05, 3.63) is 28.8 Å². The van der Waals surface area contributed by atoms with Gasteiger partial charge in [-0.25, -0.2) is 0 Å². The maximum absolute atomic E-state index is 12.9. The lowest BCUT2D eigenvalue weighted by atomic mass is 9.92. The number of benzene rings is 1. The van der Waals surface area contributed by atoms with Crippen molar-refractivity contribution in [2.75, 3.05) is 32.8 Å². The Balaban J connectivity index is 1.43. The zero-order chi connectivity index (χ0) is 15.8. The Morgan fingerprint density at radius 2 is 1.96 bits per heavy atom. The first kappa shape index (κ1) is 15.3. The molecule has 0 saturated carbocycles. The summed E-state index contributed by atoms with van der Waals surface area (Å²) in [5.74, 6) is 2.54. The summed E-state index contributed by atoms with van der Waals surface area (Å²) >= 11 is 6.07. The van der Waals surface area contributed by atoms with E-state index in [1.165, 1.54) is 0 Å². The lowest BCUT2D eigenvalue weighted by molar-refractivity contribution is -0.136. The predicted molar refractivity (Wildman–Crippen MR) is 89.8 cm³/mol. The maximum atomic E-state index is 12.9. The summed E-state index contributed by atoms with van der Waals surface area (Å²) in [5, 5.41) is 4.18. The summed E-state index contributed by atoms with van der Waals surface area (Å²) in [5.41, 5.74) is 1.05. The Bertz CT molecular complexity index is 593. The number of hydrogen-bond donors (Lipinski definition) is 1. The predicted octanol–water partition coefficient (Wildman–Crippen LogP) is 2.35. The van der Waals surface area contributed by atoms with Crippen LogP contribution in [0.3, 0.4) is 0 Å². The van der Waals surface area contributed by atoms with Crippen molar-refractivity contribution in [3.63, 3.8) is 0 Å². The lowest BCUT2D eigenvalue weighted by Gasteiger charge is -2.30. The normalized spacial score (nSPS) is 30.1. The highest BCUT2D eigenvalue weighted by atomic mass is 35.5. The minimum absolute atomic E-state index is 0.0722. The van der Waals surface area contributed by atoms with E-state index in [2.05, 4.69) is 10.2 Å². The van der Waals surface area contributed by atoms with Gasteiger partial charge in [-0.2, -0.15) is 0 Å². The van der Waals surface area contributed by atoms with Crippen molar-refractivity contribution in [1.82, 2.24) is 10.2 Å². The summed E-state index contributed by atoms with van der Waals surface area (Å²) in [6.45, 7) is 4.50. The average Bonchev–Trinajstić information content (AvgIpc) is 2.92. The number of halogens is 1. The molecule has 3 atom stereocenters. The van der Waals surface area contributed by atoms with Crippen molar-refractivity contribution >= 4 is 17.5 Å². The van der Waals surface area contributed by atoms with Gasteiger partial charge >= 0.3 is 0 Å². The molecule has 1 aromatic carbocycles. The molecule has 23 heavy (non-hydrogen) atoms. The first-order chi connectivity index (χ1) is 11.2. The second kappa shape index (κ2) is 6.33. The van der Waals surface area contributed by atoms with Gasteiger partial charge in [0.25, 0.3) is 0 Å². The number of rotatable bonds is 1. The molecule has 3 aliphatic heterocycles. The van der Waals surface area contributed by atoms with Gasteiger partial charge in [0.2, 0.25) is 5.91 Å². The van der Waals surface area contributed by atoms with Crippen molar-refractivity contribution < 1.29 is 9.53 Å². The van der Waals surface area contributed by atoms with Crippen molar-refractivity contribution in [1.29, 1.82) is 0 Å². The quantitative estimate of drug-likeness (QED) is 0.857. The van der Waals surface area contributed by atoms with Crippen LogP contribution in [0.4, 0.5) is 0 Å². The third-order valence-electron chi connectivity index (χ3n) is 5.61. The molecule has 1 amide bonds. The van der Waals surface area contributed by atoms with E-state index in [9.17, 15) is 4.79 Å². The number of nitrogens with zero attached hydrogens (tertiary/aromatic N) is 1. The van der Waals surface area contributed by atoms with Gasteiger partial charge in [-0.05, 0) is 68.0 Å². The highest BCUT2D eigenvalue weighted by molar-refractivity contribution is 6.30. The fourth-order valence-electron chi connectivity index (χ4n) is 4.22. The van der Waals surface area contributed by atoms with Gasteiger partial charge in [0.15, 0.2) is 0 Å². The first-order valence-electron chi connectivity index (χ1n) is 8.61. The van der Waals surface area contributed by atoms with E-state index in [1.807, 2.05) is 18.2 Å². The number of nitrogens with one attached hydrogen (secondary N) is 1. The zero-order valence-corrected chi connectivity index (χ0v) is 14.0. The summed E-state index contributed by atoms with van der Waals surface area (Å²) < 4.78 is 5.79. The summed E-state index contributed by atoms with van der Waals surface area (Å²) in [7, 11) is 0. The molecule has 2 fully saturated rings. The van der Waals surface area contributed by atoms with Gasteiger partial charge in [0.1, 0.15) is 12.4 Å². The van der Waals surface area contributed by atoms with Gasteiger partial charge in [0.05, 0.1) is 5.92 Å². The summed E-state index contributed by atoms with van der Waals surface area (Å²) in [4.78, 5) is 15.0. The molecule has 0 radical (unpaired) electrons. The van der Waals surface area contributed by atoms with Gasteiger partial charge in [-0.3, -0.25) is 4.79 Å². The minimum Gasteiger partial charge on any atom is -0.492 e. The van der Waals surface area contributed by atoms with E-state index in [-0.39, 0.29) is 11.8 Å². The number of amides is 1. The fourth-order valence-corrected chi connectivity index (χ4v) is 4.41. The standard InChI is InChI=1S/C18H23ClN2O2/c19-16-1-2-17-14(8-16)7-15(11-23-17)18(22)21-5-3-12-9-20-10-13(12)4-6-21/h1-2,8,12-13,15,20H,3-7,9-11H2/t12-,13+,15?. The molecule has 3 heterocycles. The Kier molecular flexibility index (Phi) is 4.20. The van der Waals surface area contributed by atoms with E-state index >= 15 is 0 Å². The summed E-state index contributed by atoms with van der Waals surface area (Å²) in [6, 6.07) is 5.66. The Hall–Kier alpha value is -1.26. The molecule has 4 rings (SSSR count). The van der Waals surface area contributed by atoms with Crippen LogP contribution in [0.1, 0.15) is 18.4 Å². The molecule has 0 aromatic heterocycles. The number of ether oxygens (including phenoxy) is 1. The van der Waals surface area contributed by atoms with Crippen LogP contribution in [0, 0.1) is 17.8 Å². The van der Waals surface area contributed by atoms with Crippen molar-refractivity contribution in [3.8, 4) is 5.75 Å². The second-order valence-electron chi connectivity index (χ2n) is 7.05. The second-order valence-corrected chi connectivity index (χ2v) is 7.48. The largest absolute Gasteiger partial charge is 0.492 e. The first-order valence-corrected chi connectivity index (χ1v) is 8.99. The highest BCUT2D eigenvalue weighted by Gasteiger charge is 2.34. The molecule has 0 spiro atoms. The number of likely N-dealkylation sites (tertiary alicyclic amines) is 1. The third kappa shape index (κ3) is 3.07. The van der Waals surface area contributed by atoms with E-state index in [1.54, 1.807) is 0 Å². The molecule has 124 valence electrons. The van der Waals surface area contributed by atoms with E-state index < -0.39 is 0 Å². The molecular formula is C18H23ClN2O2. The van der Waals surface area contributed by atoms with Crippen LogP contribution in [0.2, 0.25) is 5.02 Å². The van der Waals surface area contributed by atoms with Crippen LogP contribution >= 0.6 is 11.6 Å². The monoisotopic (exact) mass is 334 g/mol. The van der Waals surface area contributed by atoms with Gasteiger partial charge < -0.3 is 15.0 Å². The number of carbonyl (C=O) groups is 1. The van der Waals surface area contributed by atoms with E-state index in [4.69, 9.17) is 16.3 Å². The molecule has 2 saturated heterocycles. The lowest BCUT2D eigenvalue weighted by Crippen LogP contribution is -2.41. The SMILES string of the molecule is O=C(C1COc2ccc(Cl)cc2C1)N1CC[C@@H]2CNC[C@@H]2CC1. The van der Waals surface area contributed by atoms with Crippen LogP contribution in [0.5, 0.6) is 5.75 Å². The van der Waals surface area contributed by atoms with Crippen LogP contribution in [-0.4, -0.2) is 43.6 Å². The number of carbonyl (C=O) groups excluding carboxylic acids is 1. The molecule has 0 bridgehead atoms. The smallest absolute Gasteiger partial charge is 0.229 e. The minimum atomic E-state index is -0.0722. The number of fused-ring (bicyclic) bond motifs is 2. The van der Waals surface area contributed by atoms with Gasteiger partial charge in [-0.15, -0.1) is 0 Å². The van der Waals surface area contributed by atoms with Crippen LogP contribution in [-0.2, 0) is 11.2 Å². The molecule has 1 N–H and O–H groups in total. The molecule has 3 aliphatic rings. The zero-order valence-electron chi connectivity index (χ0n) is 13.3. The van der Waals surface area contributed by atoms with Crippen LogP contribution in [0.15, 0.2) is 18.2 Å². The Morgan fingerprint density at radius 1 is 1.22 bits per heavy atom. The van der Waals surface area contributed by atoms with Crippen molar-refractivity contribution in [2.24, 2.45) is 17.8 Å². The molecular weight excluding hydrogens is 312 g/mol. The van der Waals surface area contributed by atoms with Crippen molar-refractivity contribution in [2.45, 2.75) is 19.3 Å². The number of hydrogen-bond acceptors (Lipinski definition) is 3. The topological polar surface area (TPSA) is 41.6 Å². The van der Waals surface area contributed by atoms with Crippen LogP contribution in [0.25, 0.3) is 0 Å². The molecule has 5 heteroatoms. The third-order valence-corrected chi connectivity index (χ3v) is 5.84. The molecule has 1 aromatic rings. The Morgan fingerprint density at radius 3 is 2.70 bits per heavy atom. The highest BCUT2D eigenvalue weighted by Crippen LogP contribution is 2.32. The maximum Gasteiger partial charge on any atom is 0.229 e. The molecule has 1 unspecified atom stereocenters. The van der Waals surface area contributed by atoms with Crippen LogP contribution < -0.4 is 10.1 Å².